The van der Waals surface area contributed by atoms with Gasteiger partial charge in [0.15, 0.2) is 12.4 Å². The number of nitrogens with one attached hydrogen (secondary N) is 1. The average Bonchev–Trinajstić information content (AvgIpc) is 3.40. The highest BCUT2D eigenvalue weighted by atomic mass is 16.7. The van der Waals surface area contributed by atoms with Crippen LogP contribution in [0, 0.1) is 0 Å². The van der Waals surface area contributed by atoms with Crippen LogP contribution in [0.2, 0.25) is 0 Å². The summed E-state index contributed by atoms with van der Waals surface area (Å²) in [6.45, 7) is 5.59. The summed E-state index contributed by atoms with van der Waals surface area (Å²) in [5.41, 5.74) is 0. The van der Waals surface area contributed by atoms with Crippen LogP contribution in [-0.2, 0) is 23.8 Å². The molecule has 74 heavy (non-hydrogen) atoms. The van der Waals surface area contributed by atoms with Gasteiger partial charge in [0.05, 0.1) is 25.4 Å². The molecule has 1 fully saturated rings. The molecule has 0 aliphatic carbocycles. The van der Waals surface area contributed by atoms with Crippen LogP contribution in [0.3, 0.4) is 0 Å². The van der Waals surface area contributed by atoms with Crippen LogP contribution < -0.4 is 5.32 Å². The van der Waals surface area contributed by atoms with Gasteiger partial charge in [-0.15, -0.1) is 0 Å². The van der Waals surface area contributed by atoms with Gasteiger partial charge in [-0.1, -0.05) is 221 Å². The van der Waals surface area contributed by atoms with Gasteiger partial charge in [-0.3, -0.25) is 9.59 Å². The molecule has 0 aromatic carbocycles. The highest BCUT2D eigenvalue weighted by Crippen LogP contribution is 2.26. The van der Waals surface area contributed by atoms with E-state index in [9.17, 15) is 35.1 Å². The summed E-state index contributed by atoms with van der Waals surface area (Å²) >= 11 is 0. The molecule has 424 valence electrons. The number of amides is 1. The first-order chi connectivity index (χ1) is 36.2. The lowest BCUT2D eigenvalue weighted by Gasteiger charge is -2.41. The summed E-state index contributed by atoms with van der Waals surface area (Å²) < 4.78 is 17.6. The first kappa shape index (κ1) is 68.6. The minimum atomic E-state index is -1.63. The zero-order chi connectivity index (χ0) is 54.0. The second-order valence-electron chi connectivity index (χ2n) is 20.0. The predicted molar refractivity (Wildman–Crippen MR) is 305 cm³/mol. The van der Waals surface area contributed by atoms with Gasteiger partial charge in [0, 0.05) is 6.42 Å². The number of rotatable bonds is 48. The fourth-order valence-corrected chi connectivity index (χ4v) is 8.54. The maximum Gasteiger partial charge on any atom is 0.306 e. The highest BCUT2D eigenvalue weighted by Gasteiger charge is 2.47. The van der Waals surface area contributed by atoms with Crippen molar-refractivity contribution in [3.8, 4) is 0 Å². The van der Waals surface area contributed by atoms with Crippen LogP contribution in [0.15, 0.2) is 97.2 Å². The lowest BCUT2D eigenvalue weighted by atomic mass is 9.99. The number of ether oxygens (including phenoxy) is 3. The van der Waals surface area contributed by atoms with E-state index >= 15 is 0 Å². The number of aliphatic hydroxyl groups excluding tert-OH is 5. The standard InChI is InChI=1S/C63H107NO10/c1-4-7-10-13-16-19-22-25-27-29-31-33-36-39-42-45-48-51-58(68)74-61-60(70)59(69)57(52-65)73-63(61)72-53-54(55(66)49-46-43-40-37-34-24-21-18-15-12-9-6-3)64-62(71)56(67)50-47-44-41-38-35-32-30-28-26-23-20-17-14-11-8-5-2/h8,11,16-17,19-20,25-28,32,35,41,44,46,49,54-57,59-61,63,65-67,69-70H,4-7,9-10,12-15,18,21-24,29-31,33-34,36-40,42-43,45,47-48,50-53H2,1-3H3,(H,64,71)/b11-8-,19-16-,20-17-,27-25-,28-26-,35-32-,44-41-,49-46+. The SMILES string of the molecule is CC/C=C\C/C=C\C/C=C\C/C=C\C/C=C\CCC(O)C(=O)NC(COC1OC(CO)C(O)C(O)C1OC(=O)CCCCCCCCC/C=C\C/C=C\CCCCC)C(O)/C=C/CCCCCCCCCCCC. The van der Waals surface area contributed by atoms with Gasteiger partial charge in [0.25, 0.3) is 0 Å². The maximum atomic E-state index is 13.4. The monoisotopic (exact) mass is 1040 g/mol. The van der Waals surface area contributed by atoms with Gasteiger partial charge < -0.3 is 45.1 Å². The molecular weight excluding hydrogens is 931 g/mol. The molecular formula is C63H107NO10. The molecule has 1 aliphatic rings. The summed E-state index contributed by atoms with van der Waals surface area (Å²) in [6.07, 6.45) is 55.9. The average molecular weight is 1040 g/mol. The number of carbonyl (C=O) groups excluding carboxylic acids is 2. The molecule has 0 saturated carbocycles. The van der Waals surface area contributed by atoms with E-state index < -0.39 is 67.4 Å². The largest absolute Gasteiger partial charge is 0.454 e. The second kappa shape index (κ2) is 50.4. The number of aliphatic hydroxyl groups is 5. The first-order valence-corrected chi connectivity index (χ1v) is 29.5. The topological polar surface area (TPSA) is 175 Å². The quantitative estimate of drug-likeness (QED) is 0.0195. The molecule has 1 rings (SSSR count). The third kappa shape index (κ3) is 38.2. The van der Waals surface area contributed by atoms with E-state index in [1.165, 1.54) is 77.0 Å². The van der Waals surface area contributed by atoms with Crippen molar-refractivity contribution in [1.82, 2.24) is 5.32 Å². The number of carbonyl (C=O) groups is 2. The normalized spacial score (nSPS) is 20.0. The molecule has 0 aromatic rings. The minimum Gasteiger partial charge on any atom is -0.454 e. The Morgan fingerprint density at radius 2 is 0.973 bits per heavy atom. The lowest BCUT2D eigenvalue weighted by Crippen LogP contribution is -2.61. The van der Waals surface area contributed by atoms with Crippen molar-refractivity contribution in [2.45, 2.75) is 275 Å². The number of allylic oxidation sites excluding steroid dienone is 15. The lowest BCUT2D eigenvalue weighted by molar-refractivity contribution is -0.305. The van der Waals surface area contributed by atoms with Crippen LogP contribution in [-0.4, -0.2) is 99.6 Å². The Morgan fingerprint density at radius 3 is 1.49 bits per heavy atom. The Morgan fingerprint density at radius 1 is 0.541 bits per heavy atom. The Hall–Kier alpha value is -3.42. The van der Waals surface area contributed by atoms with E-state index in [0.29, 0.717) is 12.8 Å². The summed E-state index contributed by atoms with van der Waals surface area (Å²) in [5.74, 6) is -1.27. The van der Waals surface area contributed by atoms with Crippen LogP contribution in [0.5, 0.6) is 0 Å². The zero-order valence-corrected chi connectivity index (χ0v) is 46.7. The van der Waals surface area contributed by atoms with Crippen LogP contribution in [0.4, 0.5) is 0 Å². The van der Waals surface area contributed by atoms with Crippen molar-refractivity contribution >= 4 is 11.9 Å². The molecule has 0 bridgehead atoms. The first-order valence-electron chi connectivity index (χ1n) is 29.5. The molecule has 0 radical (unpaired) electrons. The molecule has 0 spiro atoms. The van der Waals surface area contributed by atoms with Crippen molar-refractivity contribution in [2.24, 2.45) is 0 Å². The smallest absolute Gasteiger partial charge is 0.306 e. The molecule has 11 nitrogen and oxygen atoms in total. The van der Waals surface area contributed by atoms with Gasteiger partial charge in [0.1, 0.15) is 24.4 Å². The zero-order valence-electron chi connectivity index (χ0n) is 46.7. The summed E-state index contributed by atoms with van der Waals surface area (Å²) in [7, 11) is 0. The Kier molecular flexibility index (Phi) is 46.7. The van der Waals surface area contributed by atoms with E-state index in [2.05, 4.69) is 99.0 Å². The van der Waals surface area contributed by atoms with Crippen molar-refractivity contribution in [1.29, 1.82) is 0 Å². The van der Waals surface area contributed by atoms with Gasteiger partial charge in [-0.2, -0.15) is 0 Å². The molecule has 1 amide bonds. The molecule has 1 heterocycles. The van der Waals surface area contributed by atoms with Crippen molar-refractivity contribution in [3.05, 3.63) is 97.2 Å². The molecule has 8 unspecified atom stereocenters. The fraction of sp³-hybridized carbons (Fsp3) is 0.714. The Labute approximate surface area is 450 Å². The number of hydrogen-bond donors (Lipinski definition) is 6. The van der Waals surface area contributed by atoms with Crippen LogP contribution in [0.25, 0.3) is 0 Å². The summed E-state index contributed by atoms with van der Waals surface area (Å²) in [5, 5.41) is 56.8. The third-order valence-electron chi connectivity index (χ3n) is 13.2. The number of unbranched alkanes of at least 4 members (excludes halogenated alkanes) is 20. The van der Waals surface area contributed by atoms with Crippen molar-refractivity contribution in [2.75, 3.05) is 13.2 Å². The fourth-order valence-electron chi connectivity index (χ4n) is 8.54. The Balaban J connectivity index is 2.77. The van der Waals surface area contributed by atoms with E-state index in [1.54, 1.807) is 6.08 Å². The summed E-state index contributed by atoms with van der Waals surface area (Å²) in [4.78, 5) is 26.5. The van der Waals surface area contributed by atoms with E-state index in [-0.39, 0.29) is 19.4 Å². The van der Waals surface area contributed by atoms with E-state index in [0.717, 1.165) is 103 Å². The van der Waals surface area contributed by atoms with E-state index in [1.807, 2.05) is 18.2 Å². The van der Waals surface area contributed by atoms with Gasteiger partial charge in [-0.05, 0) is 96.3 Å². The summed E-state index contributed by atoms with van der Waals surface area (Å²) in [6, 6.07) is -1.06. The molecule has 11 heteroatoms. The molecule has 1 aliphatic heterocycles. The number of hydrogen-bond acceptors (Lipinski definition) is 10. The number of esters is 1. The second-order valence-corrected chi connectivity index (χ2v) is 20.0. The molecule has 6 N–H and O–H groups in total. The highest BCUT2D eigenvalue weighted by molar-refractivity contribution is 5.80. The minimum absolute atomic E-state index is 0.103. The third-order valence-corrected chi connectivity index (χ3v) is 13.2. The van der Waals surface area contributed by atoms with Crippen molar-refractivity contribution < 1.29 is 49.3 Å². The molecule has 1 saturated heterocycles. The predicted octanol–water partition coefficient (Wildman–Crippen LogP) is 13.6. The van der Waals surface area contributed by atoms with Gasteiger partial charge >= 0.3 is 5.97 Å². The Bertz CT molecular complexity index is 1570. The van der Waals surface area contributed by atoms with Crippen molar-refractivity contribution in [3.63, 3.8) is 0 Å². The van der Waals surface area contributed by atoms with Crippen LogP contribution in [0.1, 0.15) is 226 Å². The molecule has 8 atom stereocenters. The maximum absolute atomic E-state index is 13.4. The molecule has 0 aromatic heterocycles. The van der Waals surface area contributed by atoms with E-state index in [4.69, 9.17) is 14.2 Å². The van der Waals surface area contributed by atoms with Gasteiger partial charge in [-0.25, -0.2) is 0 Å². The van der Waals surface area contributed by atoms with Crippen LogP contribution >= 0.6 is 0 Å². The van der Waals surface area contributed by atoms with Gasteiger partial charge in [0.2, 0.25) is 5.91 Å².